The van der Waals surface area contributed by atoms with Crippen LogP contribution in [0.25, 0.3) is 0 Å². The molecule has 0 aromatic heterocycles. The standard InChI is InChI=1S/C6H10Cl4Si2/c7-6(8)3-11-5-1-2-12(9,10)4-5/h5-6H,1-4H2. The van der Waals surface area contributed by atoms with Gasteiger partial charge >= 0.3 is 0 Å². The molecule has 1 rings (SSSR count). The summed E-state index contributed by atoms with van der Waals surface area (Å²) in [5.74, 6) is 0. The lowest BCUT2D eigenvalue weighted by Gasteiger charge is -2.09. The first-order chi connectivity index (χ1) is 5.49. The van der Waals surface area contributed by atoms with E-state index < -0.39 is 6.69 Å². The molecule has 0 aliphatic carbocycles. The molecule has 6 heteroatoms. The summed E-state index contributed by atoms with van der Waals surface area (Å²) in [7, 11) is 0.835. The normalized spacial score (nSPS) is 28.2. The summed E-state index contributed by atoms with van der Waals surface area (Å²) < 4.78 is 0. The molecule has 70 valence electrons. The van der Waals surface area contributed by atoms with Crippen molar-refractivity contribution >= 4 is 61.6 Å². The molecule has 1 fully saturated rings. The van der Waals surface area contributed by atoms with Crippen molar-refractivity contribution < 1.29 is 0 Å². The molecule has 2 radical (unpaired) electrons. The van der Waals surface area contributed by atoms with Crippen LogP contribution < -0.4 is 0 Å². The van der Waals surface area contributed by atoms with Crippen molar-refractivity contribution in [3.05, 3.63) is 0 Å². The largest absolute Gasteiger partial charge is 0.251 e. The van der Waals surface area contributed by atoms with Crippen LogP contribution in [0.5, 0.6) is 0 Å². The van der Waals surface area contributed by atoms with Crippen molar-refractivity contribution in [2.75, 3.05) is 0 Å². The van der Waals surface area contributed by atoms with Crippen LogP contribution in [0, 0.1) is 0 Å². The van der Waals surface area contributed by atoms with Crippen LogP contribution in [-0.2, 0) is 0 Å². The van der Waals surface area contributed by atoms with Gasteiger partial charge in [0.05, 0.1) is 0 Å². The Labute approximate surface area is 96.1 Å². The highest BCUT2D eigenvalue weighted by Crippen LogP contribution is 2.43. The van der Waals surface area contributed by atoms with E-state index in [0.29, 0.717) is 5.54 Å². The van der Waals surface area contributed by atoms with Gasteiger partial charge in [0.25, 0.3) is 6.69 Å². The van der Waals surface area contributed by atoms with Gasteiger partial charge in [-0.3, -0.25) is 0 Å². The molecule has 0 amide bonds. The lowest BCUT2D eigenvalue weighted by molar-refractivity contribution is 0.910. The monoisotopic (exact) mass is 278 g/mol. The summed E-state index contributed by atoms with van der Waals surface area (Å²) >= 11 is 23.5. The van der Waals surface area contributed by atoms with E-state index >= 15 is 0 Å². The second kappa shape index (κ2) is 4.90. The number of rotatable bonds is 3. The molecule has 1 aliphatic rings. The quantitative estimate of drug-likeness (QED) is 0.416. The van der Waals surface area contributed by atoms with E-state index in [-0.39, 0.29) is 4.84 Å². The molecule has 0 nitrogen and oxygen atoms in total. The Kier molecular flexibility index (Phi) is 4.76. The SMILES string of the molecule is ClC(Cl)C[Si]C1CC[Si](Cl)(Cl)C1. The molecule has 0 saturated carbocycles. The van der Waals surface area contributed by atoms with E-state index in [4.69, 9.17) is 45.4 Å². The van der Waals surface area contributed by atoms with Crippen molar-refractivity contribution in [2.24, 2.45) is 0 Å². The van der Waals surface area contributed by atoms with Gasteiger partial charge in [-0.25, -0.2) is 0 Å². The van der Waals surface area contributed by atoms with E-state index in [9.17, 15) is 0 Å². The average Bonchev–Trinajstić information content (AvgIpc) is 2.26. The molecular weight excluding hydrogens is 270 g/mol. The first-order valence-electron chi connectivity index (χ1n) is 3.89. The predicted molar refractivity (Wildman–Crippen MR) is 61.5 cm³/mol. The Bertz CT molecular complexity index is 150. The van der Waals surface area contributed by atoms with Crippen molar-refractivity contribution in [2.45, 2.75) is 34.9 Å². The summed E-state index contributed by atoms with van der Waals surface area (Å²) in [5.41, 5.74) is 0.701. The van der Waals surface area contributed by atoms with Crippen molar-refractivity contribution in [1.29, 1.82) is 0 Å². The van der Waals surface area contributed by atoms with Gasteiger partial charge in [-0.05, 0) is 23.7 Å². The average molecular weight is 280 g/mol. The third-order valence-electron chi connectivity index (χ3n) is 1.96. The molecule has 0 aromatic carbocycles. The summed E-state index contributed by atoms with van der Waals surface area (Å²) in [6, 6.07) is 2.98. The van der Waals surface area contributed by atoms with Crippen LogP contribution in [0.15, 0.2) is 0 Å². The van der Waals surface area contributed by atoms with Gasteiger partial charge in [0.2, 0.25) is 0 Å². The molecule has 1 atom stereocenters. The first-order valence-corrected chi connectivity index (χ1v) is 10.5. The van der Waals surface area contributed by atoms with Gasteiger partial charge in [0.15, 0.2) is 0 Å². The topological polar surface area (TPSA) is 0 Å². The number of halogens is 4. The minimum atomic E-state index is -1.81. The fourth-order valence-corrected chi connectivity index (χ4v) is 9.13. The zero-order chi connectivity index (χ0) is 9.19. The molecular formula is C6H10Cl4Si2. The van der Waals surface area contributed by atoms with Gasteiger partial charge in [0.1, 0.15) is 4.84 Å². The molecule has 1 saturated heterocycles. The number of hydrogen-bond acceptors (Lipinski definition) is 0. The zero-order valence-corrected chi connectivity index (χ0v) is 11.5. The fraction of sp³-hybridized carbons (Fsp3) is 1.00. The maximum atomic E-state index is 6.12. The maximum absolute atomic E-state index is 6.12. The molecule has 12 heavy (non-hydrogen) atoms. The molecule has 1 aliphatic heterocycles. The predicted octanol–water partition coefficient (Wildman–Crippen LogP) is 4.02. The Hall–Kier alpha value is 1.59. The lowest BCUT2D eigenvalue weighted by Crippen LogP contribution is -2.13. The second-order valence-electron chi connectivity index (χ2n) is 3.10. The fourth-order valence-electron chi connectivity index (χ4n) is 1.38. The maximum Gasteiger partial charge on any atom is 0.251 e. The van der Waals surface area contributed by atoms with Gasteiger partial charge < -0.3 is 0 Å². The molecule has 0 N–H and O–H groups in total. The van der Waals surface area contributed by atoms with E-state index in [1.807, 2.05) is 0 Å². The van der Waals surface area contributed by atoms with Gasteiger partial charge in [-0.1, -0.05) is 6.42 Å². The highest BCUT2D eigenvalue weighted by molar-refractivity contribution is 7.45. The van der Waals surface area contributed by atoms with Crippen LogP contribution >= 0.6 is 45.4 Å². The smallest absolute Gasteiger partial charge is 0.146 e. The molecule has 0 spiro atoms. The highest BCUT2D eigenvalue weighted by atomic mass is 35.7. The minimum absolute atomic E-state index is 0.217. The summed E-state index contributed by atoms with van der Waals surface area (Å²) in [4.78, 5) is -0.217. The summed E-state index contributed by atoms with van der Waals surface area (Å²) in [6.45, 7) is -1.81. The number of hydrogen-bond donors (Lipinski definition) is 0. The van der Waals surface area contributed by atoms with Crippen LogP contribution in [-0.4, -0.2) is 21.0 Å². The van der Waals surface area contributed by atoms with E-state index in [1.54, 1.807) is 0 Å². The van der Waals surface area contributed by atoms with E-state index in [1.165, 1.54) is 6.42 Å². The third-order valence-corrected chi connectivity index (χ3v) is 9.08. The Balaban J connectivity index is 2.20. The molecule has 1 heterocycles. The van der Waals surface area contributed by atoms with Crippen molar-refractivity contribution in [3.8, 4) is 0 Å². The lowest BCUT2D eigenvalue weighted by atomic mass is 10.4. The second-order valence-corrected chi connectivity index (χ2v) is 13.5. The van der Waals surface area contributed by atoms with Crippen LogP contribution in [0.1, 0.15) is 6.42 Å². The van der Waals surface area contributed by atoms with Gasteiger partial charge in [-0.2, -0.15) is 0 Å². The Morgan fingerprint density at radius 3 is 2.50 bits per heavy atom. The van der Waals surface area contributed by atoms with Crippen LogP contribution in [0.4, 0.5) is 0 Å². The van der Waals surface area contributed by atoms with Crippen molar-refractivity contribution in [3.63, 3.8) is 0 Å². The van der Waals surface area contributed by atoms with Crippen LogP contribution in [0.2, 0.25) is 23.7 Å². The zero-order valence-electron chi connectivity index (χ0n) is 6.49. The molecule has 1 unspecified atom stereocenters. The van der Waals surface area contributed by atoms with E-state index in [2.05, 4.69) is 0 Å². The highest BCUT2D eigenvalue weighted by Gasteiger charge is 2.38. The Morgan fingerprint density at radius 1 is 1.42 bits per heavy atom. The first kappa shape index (κ1) is 11.7. The van der Waals surface area contributed by atoms with E-state index in [0.717, 1.165) is 27.7 Å². The summed E-state index contributed by atoms with van der Waals surface area (Å²) in [6.07, 6.45) is 1.18. The molecule has 0 aromatic rings. The number of alkyl halides is 2. The van der Waals surface area contributed by atoms with Crippen LogP contribution in [0.3, 0.4) is 0 Å². The summed E-state index contributed by atoms with van der Waals surface area (Å²) in [5, 5.41) is 0. The molecule has 0 bridgehead atoms. The minimum Gasteiger partial charge on any atom is -0.146 e. The van der Waals surface area contributed by atoms with Gasteiger partial charge in [-0.15, -0.1) is 45.4 Å². The van der Waals surface area contributed by atoms with Crippen molar-refractivity contribution in [1.82, 2.24) is 0 Å². The Morgan fingerprint density at radius 2 is 2.08 bits per heavy atom. The third kappa shape index (κ3) is 4.20. The van der Waals surface area contributed by atoms with Gasteiger partial charge in [0, 0.05) is 9.52 Å².